The van der Waals surface area contributed by atoms with Gasteiger partial charge in [0.05, 0.1) is 12.2 Å². The highest BCUT2D eigenvalue weighted by Crippen LogP contribution is 2.26. The second-order valence-corrected chi connectivity index (χ2v) is 5.48. The van der Waals surface area contributed by atoms with Crippen molar-refractivity contribution in [2.75, 3.05) is 33.9 Å². The average Bonchev–Trinajstić information content (AvgIpc) is 2.74. The van der Waals surface area contributed by atoms with Crippen molar-refractivity contribution in [3.8, 4) is 0 Å². The predicted molar refractivity (Wildman–Crippen MR) is 68.0 cm³/mol. The molecule has 1 saturated carbocycles. The van der Waals surface area contributed by atoms with E-state index in [1.165, 1.54) is 25.7 Å². The van der Waals surface area contributed by atoms with Gasteiger partial charge in [0.1, 0.15) is 0 Å². The maximum Gasteiger partial charge on any atom is 0.0971 e. The molecular formula is C13H26N2O2. The molecule has 1 saturated heterocycles. The molecule has 0 spiro atoms. The minimum atomic E-state index is 0.222. The second-order valence-electron chi connectivity index (χ2n) is 5.48. The van der Waals surface area contributed by atoms with Crippen LogP contribution in [0.4, 0.5) is 0 Å². The van der Waals surface area contributed by atoms with E-state index in [1.54, 1.807) is 14.2 Å². The number of nitrogens with zero attached hydrogens (tertiary/aromatic N) is 1. The Labute approximate surface area is 104 Å². The Morgan fingerprint density at radius 1 is 1.06 bits per heavy atom. The summed E-state index contributed by atoms with van der Waals surface area (Å²) in [7, 11) is 3.54. The maximum absolute atomic E-state index is 6.20. The molecular weight excluding hydrogens is 216 g/mol. The van der Waals surface area contributed by atoms with E-state index < -0.39 is 0 Å². The number of methoxy groups -OCH3 is 2. The Bertz CT molecular complexity index is 225. The molecule has 100 valence electrons. The number of hydrogen-bond donors (Lipinski definition) is 1. The topological polar surface area (TPSA) is 47.7 Å². The van der Waals surface area contributed by atoms with E-state index in [1.807, 2.05) is 0 Å². The normalized spacial score (nSPS) is 39.7. The third-order valence-electron chi connectivity index (χ3n) is 4.36. The maximum atomic E-state index is 6.20. The van der Waals surface area contributed by atoms with Gasteiger partial charge in [-0.15, -0.1) is 0 Å². The first-order valence-electron chi connectivity index (χ1n) is 6.78. The standard InChI is InChI=1S/C13H26N2O2/c1-16-12-8-15(9-13(12)17-2)7-10-5-3-4-6-11(10)14/h10-13H,3-9,14H2,1-2H3. The summed E-state index contributed by atoms with van der Waals surface area (Å²) < 4.78 is 10.9. The van der Waals surface area contributed by atoms with Crippen molar-refractivity contribution in [3.63, 3.8) is 0 Å². The van der Waals surface area contributed by atoms with Crippen LogP contribution in [0.15, 0.2) is 0 Å². The van der Waals surface area contributed by atoms with Crippen molar-refractivity contribution in [2.45, 2.75) is 43.9 Å². The number of nitrogens with two attached hydrogens (primary N) is 1. The summed E-state index contributed by atoms with van der Waals surface area (Å²) in [5.41, 5.74) is 6.20. The third kappa shape index (κ3) is 3.19. The molecule has 2 rings (SSSR count). The van der Waals surface area contributed by atoms with E-state index in [0.717, 1.165) is 19.6 Å². The Kier molecular flexibility index (Phi) is 4.79. The molecule has 2 aliphatic rings. The summed E-state index contributed by atoms with van der Waals surface area (Å²) in [5.74, 6) is 0.664. The first-order valence-corrected chi connectivity index (χ1v) is 6.78. The lowest BCUT2D eigenvalue weighted by molar-refractivity contribution is -0.00461. The first kappa shape index (κ1) is 13.3. The summed E-state index contributed by atoms with van der Waals surface area (Å²) in [4.78, 5) is 2.46. The molecule has 2 fully saturated rings. The van der Waals surface area contributed by atoms with Gasteiger partial charge in [-0.25, -0.2) is 0 Å². The van der Waals surface area contributed by atoms with Crippen LogP contribution in [-0.4, -0.2) is 57.0 Å². The highest BCUT2D eigenvalue weighted by Gasteiger charge is 2.35. The molecule has 2 N–H and O–H groups in total. The molecule has 4 atom stereocenters. The van der Waals surface area contributed by atoms with Crippen molar-refractivity contribution in [1.29, 1.82) is 0 Å². The van der Waals surface area contributed by atoms with Crippen LogP contribution in [0.25, 0.3) is 0 Å². The molecule has 4 unspecified atom stereocenters. The summed E-state index contributed by atoms with van der Waals surface area (Å²) in [6, 6.07) is 0.395. The van der Waals surface area contributed by atoms with Gasteiger partial charge in [-0.3, -0.25) is 4.90 Å². The van der Waals surface area contributed by atoms with E-state index >= 15 is 0 Å². The fourth-order valence-electron chi connectivity index (χ4n) is 3.22. The smallest absolute Gasteiger partial charge is 0.0971 e. The Morgan fingerprint density at radius 2 is 1.65 bits per heavy atom. The molecule has 0 aromatic heterocycles. The molecule has 17 heavy (non-hydrogen) atoms. The molecule has 0 amide bonds. The van der Waals surface area contributed by atoms with Crippen LogP contribution in [-0.2, 0) is 9.47 Å². The number of likely N-dealkylation sites (tertiary alicyclic amines) is 1. The summed E-state index contributed by atoms with van der Waals surface area (Å²) in [6.07, 6.45) is 5.57. The van der Waals surface area contributed by atoms with Crippen molar-refractivity contribution >= 4 is 0 Å². The van der Waals surface area contributed by atoms with Crippen LogP contribution in [0, 0.1) is 5.92 Å². The predicted octanol–water partition coefficient (Wildman–Crippen LogP) is 0.850. The van der Waals surface area contributed by atoms with Crippen LogP contribution in [0.1, 0.15) is 25.7 Å². The van der Waals surface area contributed by atoms with Gasteiger partial charge in [-0.2, -0.15) is 0 Å². The second kappa shape index (κ2) is 6.14. The average molecular weight is 242 g/mol. The van der Waals surface area contributed by atoms with E-state index in [2.05, 4.69) is 4.90 Å². The molecule has 4 heteroatoms. The molecule has 0 aromatic rings. The van der Waals surface area contributed by atoms with E-state index in [0.29, 0.717) is 12.0 Å². The van der Waals surface area contributed by atoms with Gasteiger partial charge in [-0.1, -0.05) is 12.8 Å². The number of rotatable bonds is 4. The zero-order chi connectivity index (χ0) is 12.3. The molecule has 4 nitrogen and oxygen atoms in total. The zero-order valence-electron chi connectivity index (χ0n) is 11.1. The van der Waals surface area contributed by atoms with E-state index in [4.69, 9.17) is 15.2 Å². The van der Waals surface area contributed by atoms with Crippen LogP contribution < -0.4 is 5.73 Å². The van der Waals surface area contributed by atoms with Crippen LogP contribution >= 0.6 is 0 Å². The fraction of sp³-hybridized carbons (Fsp3) is 1.00. The van der Waals surface area contributed by atoms with E-state index in [-0.39, 0.29) is 12.2 Å². The number of ether oxygens (including phenoxy) is 2. The Morgan fingerprint density at radius 3 is 2.18 bits per heavy atom. The first-order chi connectivity index (χ1) is 8.24. The van der Waals surface area contributed by atoms with Gasteiger partial charge < -0.3 is 15.2 Å². The largest absolute Gasteiger partial charge is 0.377 e. The zero-order valence-corrected chi connectivity index (χ0v) is 11.1. The SMILES string of the molecule is COC1CN(CC2CCCCC2N)CC1OC. The lowest BCUT2D eigenvalue weighted by Gasteiger charge is -2.31. The van der Waals surface area contributed by atoms with E-state index in [9.17, 15) is 0 Å². The molecule has 1 aliphatic carbocycles. The summed E-state index contributed by atoms with van der Waals surface area (Å²) in [6.45, 7) is 3.08. The Balaban J connectivity index is 1.83. The summed E-state index contributed by atoms with van der Waals surface area (Å²) >= 11 is 0. The minimum Gasteiger partial charge on any atom is -0.377 e. The lowest BCUT2D eigenvalue weighted by Crippen LogP contribution is -2.41. The van der Waals surface area contributed by atoms with Gasteiger partial charge in [0.15, 0.2) is 0 Å². The van der Waals surface area contributed by atoms with Gasteiger partial charge in [0.25, 0.3) is 0 Å². The van der Waals surface area contributed by atoms with Gasteiger partial charge in [0.2, 0.25) is 0 Å². The molecule has 0 radical (unpaired) electrons. The highest BCUT2D eigenvalue weighted by atomic mass is 16.5. The van der Waals surface area contributed by atoms with Crippen molar-refractivity contribution < 1.29 is 9.47 Å². The lowest BCUT2D eigenvalue weighted by atomic mass is 9.85. The summed E-state index contributed by atoms with van der Waals surface area (Å²) in [5, 5.41) is 0. The highest BCUT2D eigenvalue weighted by molar-refractivity contribution is 4.89. The molecule has 0 aromatic carbocycles. The van der Waals surface area contributed by atoms with Crippen molar-refractivity contribution in [3.05, 3.63) is 0 Å². The van der Waals surface area contributed by atoms with Crippen LogP contribution in [0.5, 0.6) is 0 Å². The number of hydrogen-bond acceptors (Lipinski definition) is 4. The van der Waals surface area contributed by atoms with Gasteiger partial charge >= 0.3 is 0 Å². The minimum absolute atomic E-state index is 0.222. The van der Waals surface area contributed by atoms with Crippen molar-refractivity contribution in [1.82, 2.24) is 4.90 Å². The van der Waals surface area contributed by atoms with Crippen LogP contribution in [0.3, 0.4) is 0 Å². The molecule has 1 heterocycles. The fourth-order valence-corrected chi connectivity index (χ4v) is 3.22. The van der Waals surface area contributed by atoms with Crippen LogP contribution in [0.2, 0.25) is 0 Å². The molecule has 1 aliphatic heterocycles. The van der Waals surface area contributed by atoms with Crippen molar-refractivity contribution in [2.24, 2.45) is 11.7 Å². The van der Waals surface area contributed by atoms with Gasteiger partial charge in [-0.05, 0) is 18.8 Å². The Hall–Kier alpha value is -0.160. The molecule has 0 bridgehead atoms. The third-order valence-corrected chi connectivity index (χ3v) is 4.36. The van der Waals surface area contributed by atoms with Gasteiger partial charge in [0, 0.05) is 39.9 Å². The monoisotopic (exact) mass is 242 g/mol. The quantitative estimate of drug-likeness (QED) is 0.794.